The van der Waals surface area contributed by atoms with Gasteiger partial charge in [-0.25, -0.2) is 4.98 Å². The van der Waals surface area contributed by atoms with Crippen molar-refractivity contribution in [2.45, 2.75) is 32.4 Å². The topological polar surface area (TPSA) is 53.0 Å². The normalized spacial score (nSPS) is 17.4. The molecule has 146 valence electrons. The number of ether oxygens (including phenoxy) is 1. The standard InChI is InChI=1S/C19H31N5O.HI/c1-5-6-7-10-23(4)19(20-3)22-14-17-8-9-18(21-13-17)24-11-12-25-16(2)15-24;/h5,8-9,13,16H,1,6-7,10-12,14-15H2,2-4H3,(H,20,22);1H. The van der Waals surface area contributed by atoms with E-state index >= 15 is 0 Å². The van der Waals surface area contributed by atoms with Crippen LogP contribution in [0.1, 0.15) is 25.3 Å². The van der Waals surface area contributed by atoms with Crippen LogP contribution < -0.4 is 10.2 Å². The number of unbranched alkanes of at least 4 members (excludes halogenated alkanes) is 1. The van der Waals surface area contributed by atoms with Crippen LogP contribution in [0, 0.1) is 0 Å². The van der Waals surface area contributed by atoms with Crippen molar-refractivity contribution < 1.29 is 4.74 Å². The Bertz CT molecular complexity index is 564. The fraction of sp³-hybridized carbons (Fsp3) is 0.579. The SMILES string of the molecule is C=CCCCN(C)C(=NC)NCc1ccc(N2CCOC(C)C2)nc1.I. The van der Waals surface area contributed by atoms with Crippen LogP contribution in [0.25, 0.3) is 0 Å². The maximum atomic E-state index is 5.59. The molecule has 1 N–H and O–H groups in total. The molecule has 2 rings (SSSR count). The number of halogens is 1. The number of hydrogen-bond donors (Lipinski definition) is 1. The first-order valence-electron chi connectivity index (χ1n) is 8.98. The molecular formula is C19H32IN5O. The number of guanidine groups is 1. The van der Waals surface area contributed by atoms with Crippen molar-refractivity contribution in [2.75, 3.05) is 45.2 Å². The zero-order chi connectivity index (χ0) is 18.1. The van der Waals surface area contributed by atoms with Gasteiger partial charge >= 0.3 is 0 Å². The van der Waals surface area contributed by atoms with Crippen LogP contribution >= 0.6 is 24.0 Å². The highest BCUT2D eigenvalue weighted by molar-refractivity contribution is 14.0. The number of aliphatic imine (C=N–C) groups is 1. The molecule has 1 aliphatic heterocycles. The zero-order valence-electron chi connectivity index (χ0n) is 16.1. The highest BCUT2D eigenvalue weighted by Gasteiger charge is 2.17. The molecule has 1 aliphatic rings. The second-order valence-corrected chi connectivity index (χ2v) is 6.41. The molecule has 0 saturated carbocycles. The Morgan fingerprint density at radius 2 is 2.35 bits per heavy atom. The largest absolute Gasteiger partial charge is 0.375 e. The molecule has 0 bridgehead atoms. The Hall–Kier alpha value is -1.35. The number of nitrogens with zero attached hydrogens (tertiary/aromatic N) is 4. The van der Waals surface area contributed by atoms with Gasteiger partial charge in [0.2, 0.25) is 0 Å². The molecule has 0 radical (unpaired) electrons. The molecule has 26 heavy (non-hydrogen) atoms. The van der Waals surface area contributed by atoms with Crippen molar-refractivity contribution in [1.82, 2.24) is 15.2 Å². The Balaban J connectivity index is 0.00000338. The van der Waals surface area contributed by atoms with E-state index in [9.17, 15) is 0 Å². The second kappa shape index (κ2) is 12.1. The first kappa shape index (κ1) is 22.7. The van der Waals surface area contributed by atoms with Gasteiger partial charge in [-0.3, -0.25) is 4.99 Å². The number of pyridine rings is 1. The van der Waals surface area contributed by atoms with Crippen molar-refractivity contribution in [3.8, 4) is 0 Å². The first-order chi connectivity index (χ1) is 12.1. The second-order valence-electron chi connectivity index (χ2n) is 6.41. The summed E-state index contributed by atoms with van der Waals surface area (Å²) in [4.78, 5) is 13.4. The fourth-order valence-electron chi connectivity index (χ4n) is 2.88. The predicted molar refractivity (Wildman–Crippen MR) is 120 cm³/mol. The summed E-state index contributed by atoms with van der Waals surface area (Å²) in [5.74, 6) is 1.92. The number of allylic oxidation sites excluding steroid dienone is 1. The Labute approximate surface area is 174 Å². The van der Waals surface area contributed by atoms with E-state index in [4.69, 9.17) is 4.74 Å². The lowest BCUT2D eigenvalue weighted by atomic mass is 10.2. The minimum atomic E-state index is 0. The quantitative estimate of drug-likeness (QED) is 0.217. The number of aromatic nitrogens is 1. The molecule has 0 amide bonds. The molecule has 6 nitrogen and oxygen atoms in total. The maximum Gasteiger partial charge on any atom is 0.193 e. The molecule has 1 saturated heterocycles. The summed E-state index contributed by atoms with van der Waals surface area (Å²) in [7, 11) is 3.87. The molecule has 0 aromatic carbocycles. The molecule has 0 aliphatic carbocycles. The molecule has 0 spiro atoms. The Morgan fingerprint density at radius 3 is 2.96 bits per heavy atom. The summed E-state index contributed by atoms with van der Waals surface area (Å²) >= 11 is 0. The van der Waals surface area contributed by atoms with Crippen LogP contribution in [0.2, 0.25) is 0 Å². The van der Waals surface area contributed by atoms with Crippen molar-refractivity contribution >= 4 is 35.8 Å². The van der Waals surface area contributed by atoms with Crippen molar-refractivity contribution in [3.63, 3.8) is 0 Å². The molecule has 1 unspecified atom stereocenters. The van der Waals surface area contributed by atoms with Gasteiger partial charge in [-0.2, -0.15) is 0 Å². The van der Waals surface area contributed by atoms with Gasteiger partial charge in [-0.05, 0) is 31.4 Å². The van der Waals surface area contributed by atoms with E-state index in [-0.39, 0.29) is 30.1 Å². The van der Waals surface area contributed by atoms with E-state index in [1.54, 1.807) is 0 Å². The lowest BCUT2D eigenvalue weighted by Gasteiger charge is -2.32. The fourth-order valence-corrected chi connectivity index (χ4v) is 2.88. The van der Waals surface area contributed by atoms with Gasteiger partial charge < -0.3 is 19.9 Å². The van der Waals surface area contributed by atoms with Gasteiger partial charge in [0.25, 0.3) is 0 Å². The summed E-state index contributed by atoms with van der Waals surface area (Å²) in [6.07, 6.45) is 6.25. The highest BCUT2D eigenvalue weighted by Crippen LogP contribution is 2.15. The molecule has 1 aromatic rings. The van der Waals surface area contributed by atoms with Crippen molar-refractivity contribution in [3.05, 3.63) is 36.5 Å². The molecular weight excluding hydrogens is 441 g/mol. The molecule has 2 heterocycles. The van der Waals surface area contributed by atoms with Crippen LogP contribution in [-0.2, 0) is 11.3 Å². The van der Waals surface area contributed by atoms with Gasteiger partial charge in [-0.1, -0.05) is 12.1 Å². The van der Waals surface area contributed by atoms with E-state index in [2.05, 4.69) is 57.8 Å². The molecule has 1 atom stereocenters. The lowest BCUT2D eigenvalue weighted by molar-refractivity contribution is 0.0529. The average Bonchev–Trinajstić information content (AvgIpc) is 2.63. The number of hydrogen-bond acceptors (Lipinski definition) is 4. The molecule has 1 aromatic heterocycles. The van der Waals surface area contributed by atoms with Crippen molar-refractivity contribution in [2.24, 2.45) is 4.99 Å². The van der Waals surface area contributed by atoms with Crippen molar-refractivity contribution in [1.29, 1.82) is 0 Å². The summed E-state index contributed by atoms with van der Waals surface area (Å²) in [5.41, 5.74) is 1.14. The van der Waals surface area contributed by atoms with E-state index < -0.39 is 0 Å². The van der Waals surface area contributed by atoms with E-state index in [0.29, 0.717) is 6.54 Å². The molecule has 1 fully saturated rings. The van der Waals surface area contributed by atoms with E-state index in [1.165, 1.54) is 0 Å². The van der Waals surface area contributed by atoms with Gasteiger partial charge in [0.05, 0.1) is 12.7 Å². The van der Waals surface area contributed by atoms with Crippen LogP contribution in [0.3, 0.4) is 0 Å². The number of rotatable bonds is 7. The average molecular weight is 473 g/mol. The van der Waals surface area contributed by atoms with E-state index in [0.717, 1.165) is 56.4 Å². The van der Waals surface area contributed by atoms with Crippen LogP contribution in [0.15, 0.2) is 36.0 Å². The Kier molecular flexibility index (Phi) is 10.6. The number of anilines is 1. The van der Waals surface area contributed by atoms with Crippen LogP contribution in [0.5, 0.6) is 0 Å². The predicted octanol–water partition coefficient (Wildman–Crippen LogP) is 2.90. The Morgan fingerprint density at radius 1 is 1.54 bits per heavy atom. The first-order valence-corrected chi connectivity index (χ1v) is 8.98. The van der Waals surface area contributed by atoms with E-state index in [1.807, 2.05) is 19.3 Å². The third-order valence-electron chi connectivity index (χ3n) is 4.30. The summed E-state index contributed by atoms with van der Waals surface area (Å²) in [6.45, 7) is 10.1. The molecule has 7 heteroatoms. The summed E-state index contributed by atoms with van der Waals surface area (Å²) in [6, 6.07) is 4.21. The maximum absolute atomic E-state index is 5.59. The van der Waals surface area contributed by atoms with Gasteiger partial charge in [-0.15, -0.1) is 30.6 Å². The van der Waals surface area contributed by atoms with Gasteiger partial charge in [0.15, 0.2) is 5.96 Å². The third kappa shape index (κ3) is 7.11. The lowest BCUT2D eigenvalue weighted by Crippen LogP contribution is -2.41. The smallest absolute Gasteiger partial charge is 0.193 e. The number of morpholine rings is 1. The minimum Gasteiger partial charge on any atom is -0.375 e. The third-order valence-corrected chi connectivity index (χ3v) is 4.30. The van der Waals surface area contributed by atoms with Gasteiger partial charge in [0.1, 0.15) is 5.82 Å². The van der Waals surface area contributed by atoms with Crippen LogP contribution in [-0.4, -0.2) is 62.3 Å². The number of nitrogens with one attached hydrogen (secondary N) is 1. The summed E-state index contributed by atoms with van der Waals surface area (Å²) in [5, 5.41) is 3.39. The highest BCUT2D eigenvalue weighted by atomic mass is 127. The monoisotopic (exact) mass is 473 g/mol. The summed E-state index contributed by atoms with van der Waals surface area (Å²) < 4.78 is 5.59. The minimum absolute atomic E-state index is 0. The zero-order valence-corrected chi connectivity index (χ0v) is 18.5. The van der Waals surface area contributed by atoms with Crippen LogP contribution in [0.4, 0.5) is 5.82 Å². The van der Waals surface area contributed by atoms with Gasteiger partial charge in [0, 0.05) is 46.5 Å².